The number of rotatable bonds is 7. The highest BCUT2D eigenvalue weighted by molar-refractivity contribution is 5.93. The number of aromatic nitrogens is 2. The second-order valence-electron chi connectivity index (χ2n) is 8.42. The molecule has 0 saturated carbocycles. The fourth-order valence-electron chi connectivity index (χ4n) is 3.46. The standard InChI is InChI=1S/C26H24F3N3O2/c1-16(2)7-14-24(33)30-18-10-13-21-22(15-18)32-25(31-21)17-8-11-19(12-9-17)34-23-6-4-3-5-20(23)26(27,28)29/h3-6,8-13,15-16H,7,14H2,1-2H3,(H,30,33)(H,31,32). The molecule has 8 heteroatoms. The lowest BCUT2D eigenvalue weighted by molar-refractivity contribution is -0.138. The third-order valence-electron chi connectivity index (χ3n) is 5.26. The molecule has 1 heterocycles. The smallest absolute Gasteiger partial charge is 0.419 e. The second kappa shape index (κ2) is 9.59. The number of alkyl halides is 3. The third kappa shape index (κ3) is 5.57. The van der Waals surface area contributed by atoms with E-state index in [9.17, 15) is 18.0 Å². The Morgan fingerprint density at radius 1 is 1.06 bits per heavy atom. The third-order valence-corrected chi connectivity index (χ3v) is 5.26. The number of aromatic amines is 1. The zero-order valence-corrected chi connectivity index (χ0v) is 18.7. The molecule has 1 amide bonds. The van der Waals surface area contributed by atoms with Gasteiger partial charge < -0.3 is 15.0 Å². The van der Waals surface area contributed by atoms with Gasteiger partial charge in [-0.1, -0.05) is 26.0 Å². The predicted octanol–water partition coefficient (Wildman–Crippen LogP) is 7.42. The van der Waals surface area contributed by atoms with Gasteiger partial charge in [0.25, 0.3) is 0 Å². The van der Waals surface area contributed by atoms with Crippen molar-refractivity contribution in [3.05, 3.63) is 72.3 Å². The molecule has 34 heavy (non-hydrogen) atoms. The van der Waals surface area contributed by atoms with Gasteiger partial charge >= 0.3 is 6.18 Å². The van der Waals surface area contributed by atoms with Gasteiger partial charge in [-0.3, -0.25) is 4.79 Å². The highest BCUT2D eigenvalue weighted by atomic mass is 19.4. The molecule has 0 unspecified atom stereocenters. The molecule has 0 bridgehead atoms. The largest absolute Gasteiger partial charge is 0.457 e. The molecule has 0 aliphatic heterocycles. The first-order valence-electron chi connectivity index (χ1n) is 10.9. The van der Waals surface area contributed by atoms with Crippen molar-refractivity contribution in [2.45, 2.75) is 32.9 Å². The molecule has 2 N–H and O–H groups in total. The first-order chi connectivity index (χ1) is 16.2. The number of hydrogen-bond donors (Lipinski definition) is 2. The van der Waals surface area contributed by atoms with Gasteiger partial charge in [-0.2, -0.15) is 13.2 Å². The highest BCUT2D eigenvalue weighted by Gasteiger charge is 2.34. The van der Waals surface area contributed by atoms with Crippen LogP contribution in [0.4, 0.5) is 18.9 Å². The van der Waals surface area contributed by atoms with Gasteiger partial charge in [-0.25, -0.2) is 4.98 Å². The first-order valence-corrected chi connectivity index (χ1v) is 10.9. The van der Waals surface area contributed by atoms with E-state index in [1.807, 2.05) is 12.1 Å². The van der Waals surface area contributed by atoms with E-state index >= 15 is 0 Å². The molecule has 0 spiro atoms. The fraction of sp³-hybridized carbons (Fsp3) is 0.231. The number of nitrogens with zero attached hydrogens (tertiary/aromatic N) is 1. The monoisotopic (exact) mass is 467 g/mol. The maximum Gasteiger partial charge on any atom is 0.419 e. The van der Waals surface area contributed by atoms with Crippen molar-refractivity contribution >= 4 is 22.6 Å². The summed E-state index contributed by atoms with van der Waals surface area (Å²) in [5, 5.41) is 2.90. The summed E-state index contributed by atoms with van der Waals surface area (Å²) >= 11 is 0. The molecule has 0 aliphatic rings. The van der Waals surface area contributed by atoms with Gasteiger partial charge in [-0.15, -0.1) is 0 Å². The van der Waals surface area contributed by atoms with Crippen LogP contribution in [0, 0.1) is 5.92 Å². The number of carbonyl (C=O) groups is 1. The van der Waals surface area contributed by atoms with Crippen LogP contribution in [-0.2, 0) is 11.0 Å². The number of halogens is 3. The van der Waals surface area contributed by atoms with Crippen LogP contribution in [-0.4, -0.2) is 15.9 Å². The summed E-state index contributed by atoms with van der Waals surface area (Å²) in [7, 11) is 0. The summed E-state index contributed by atoms with van der Waals surface area (Å²) in [5.41, 5.74) is 2.09. The van der Waals surface area contributed by atoms with E-state index in [1.165, 1.54) is 18.2 Å². The SMILES string of the molecule is CC(C)CCC(=O)Nc1ccc2nc(-c3ccc(Oc4ccccc4C(F)(F)F)cc3)[nH]c2c1. The van der Waals surface area contributed by atoms with Crippen molar-refractivity contribution in [2.24, 2.45) is 5.92 Å². The Morgan fingerprint density at radius 2 is 1.79 bits per heavy atom. The summed E-state index contributed by atoms with van der Waals surface area (Å²) < 4.78 is 45.1. The Hall–Kier alpha value is -3.81. The van der Waals surface area contributed by atoms with E-state index in [4.69, 9.17) is 4.74 Å². The first kappa shape index (κ1) is 23.4. The van der Waals surface area contributed by atoms with Crippen molar-refractivity contribution in [3.63, 3.8) is 0 Å². The summed E-state index contributed by atoms with van der Waals surface area (Å²) in [5.74, 6) is 1.05. The zero-order valence-electron chi connectivity index (χ0n) is 18.7. The van der Waals surface area contributed by atoms with E-state index in [0.717, 1.165) is 29.1 Å². The van der Waals surface area contributed by atoms with Crippen LogP contribution in [0.2, 0.25) is 0 Å². The minimum atomic E-state index is -4.50. The van der Waals surface area contributed by atoms with Gasteiger partial charge in [0.05, 0.1) is 16.6 Å². The number of carbonyl (C=O) groups excluding carboxylic acids is 1. The minimum Gasteiger partial charge on any atom is -0.457 e. The highest BCUT2D eigenvalue weighted by Crippen LogP contribution is 2.38. The number of benzene rings is 3. The van der Waals surface area contributed by atoms with Gasteiger partial charge in [0, 0.05) is 17.7 Å². The maximum absolute atomic E-state index is 13.2. The second-order valence-corrected chi connectivity index (χ2v) is 8.42. The number of ether oxygens (including phenoxy) is 1. The van der Waals surface area contributed by atoms with E-state index in [0.29, 0.717) is 23.9 Å². The predicted molar refractivity (Wildman–Crippen MR) is 126 cm³/mol. The van der Waals surface area contributed by atoms with Crippen LogP contribution in [0.3, 0.4) is 0 Å². The Kier molecular flexibility index (Phi) is 6.58. The lowest BCUT2D eigenvalue weighted by Gasteiger charge is -2.13. The van der Waals surface area contributed by atoms with Crippen molar-refractivity contribution in [1.82, 2.24) is 9.97 Å². The van der Waals surface area contributed by atoms with E-state index in [2.05, 4.69) is 29.1 Å². The summed E-state index contributed by atoms with van der Waals surface area (Å²) in [6.07, 6.45) is -3.22. The topological polar surface area (TPSA) is 67.0 Å². The molecule has 0 aliphatic carbocycles. The molecule has 4 rings (SSSR count). The van der Waals surface area contributed by atoms with E-state index in [1.54, 1.807) is 30.3 Å². The summed E-state index contributed by atoms with van der Waals surface area (Å²) in [4.78, 5) is 19.9. The number of hydrogen-bond acceptors (Lipinski definition) is 3. The van der Waals surface area contributed by atoms with Crippen molar-refractivity contribution < 1.29 is 22.7 Å². The summed E-state index contributed by atoms with van der Waals surface area (Å²) in [6.45, 7) is 4.15. The number of nitrogens with one attached hydrogen (secondary N) is 2. The van der Waals surface area contributed by atoms with Crippen LogP contribution in [0.25, 0.3) is 22.4 Å². The van der Waals surface area contributed by atoms with E-state index in [-0.39, 0.29) is 17.4 Å². The molecule has 0 saturated heterocycles. The molecule has 0 fully saturated rings. The van der Waals surface area contributed by atoms with Gasteiger partial charge in [0.15, 0.2) is 0 Å². The lowest BCUT2D eigenvalue weighted by Crippen LogP contribution is -2.12. The molecular weight excluding hydrogens is 443 g/mol. The molecule has 1 aromatic heterocycles. The number of H-pyrrole nitrogens is 1. The van der Waals surface area contributed by atoms with Crippen LogP contribution in [0.1, 0.15) is 32.3 Å². The van der Waals surface area contributed by atoms with Crippen LogP contribution in [0.5, 0.6) is 11.5 Å². The number of para-hydroxylation sites is 1. The Morgan fingerprint density at radius 3 is 2.50 bits per heavy atom. The van der Waals surface area contributed by atoms with Crippen molar-refractivity contribution in [3.8, 4) is 22.9 Å². The van der Waals surface area contributed by atoms with Crippen LogP contribution in [0.15, 0.2) is 66.7 Å². The Labute approximate surface area is 195 Å². The van der Waals surface area contributed by atoms with Gasteiger partial charge in [-0.05, 0) is 66.9 Å². The quantitative estimate of drug-likeness (QED) is 0.297. The van der Waals surface area contributed by atoms with Crippen molar-refractivity contribution in [2.75, 3.05) is 5.32 Å². The summed E-state index contributed by atoms with van der Waals surface area (Å²) in [6, 6.07) is 17.2. The maximum atomic E-state index is 13.2. The van der Waals surface area contributed by atoms with Crippen molar-refractivity contribution in [1.29, 1.82) is 0 Å². The lowest BCUT2D eigenvalue weighted by atomic mass is 10.1. The minimum absolute atomic E-state index is 0.0320. The number of fused-ring (bicyclic) bond motifs is 1. The molecule has 4 aromatic rings. The Bertz CT molecular complexity index is 1290. The molecule has 5 nitrogen and oxygen atoms in total. The number of amides is 1. The van der Waals surface area contributed by atoms with E-state index < -0.39 is 11.7 Å². The number of anilines is 1. The Balaban J connectivity index is 1.49. The van der Waals surface area contributed by atoms with Crippen LogP contribution >= 0.6 is 0 Å². The van der Waals surface area contributed by atoms with Gasteiger partial charge in [0.2, 0.25) is 5.91 Å². The zero-order chi connectivity index (χ0) is 24.3. The normalized spacial score (nSPS) is 11.7. The van der Waals surface area contributed by atoms with Gasteiger partial charge in [0.1, 0.15) is 17.3 Å². The average Bonchev–Trinajstić information content (AvgIpc) is 3.21. The molecule has 0 radical (unpaired) electrons. The molecule has 176 valence electrons. The molecular formula is C26H24F3N3O2. The average molecular weight is 467 g/mol. The molecule has 0 atom stereocenters. The number of imidazole rings is 1. The fourth-order valence-corrected chi connectivity index (χ4v) is 3.46. The van der Waals surface area contributed by atoms with Crippen LogP contribution < -0.4 is 10.1 Å². The molecule has 3 aromatic carbocycles.